The lowest BCUT2D eigenvalue weighted by molar-refractivity contribution is -0.0328. The largest absolute Gasteiger partial charge is 0.446 e. The summed E-state index contributed by atoms with van der Waals surface area (Å²) in [6.45, 7) is 1.51. The smallest absolute Gasteiger partial charge is 0.397 e. The van der Waals surface area contributed by atoms with Crippen molar-refractivity contribution in [3.63, 3.8) is 0 Å². The molecule has 1 N–H and O–H groups in total. The van der Waals surface area contributed by atoms with Crippen LogP contribution in [0.4, 0.5) is 32.4 Å². The Hall–Kier alpha value is -2.66. The summed E-state index contributed by atoms with van der Waals surface area (Å²) in [4.78, 5) is 15.9. The Morgan fingerprint density at radius 3 is 2.43 bits per heavy atom. The molecule has 0 saturated carbocycles. The van der Waals surface area contributed by atoms with E-state index in [1.54, 1.807) is 24.3 Å². The van der Waals surface area contributed by atoms with Gasteiger partial charge in [-0.1, -0.05) is 41.7 Å². The summed E-state index contributed by atoms with van der Waals surface area (Å²) in [5.74, 6) is 0. The number of carbonyl (C=O) groups excluding carboxylic acids is 1. The van der Waals surface area contributed by atoms with E-state index in [-0.39, 0.29) is 21.7 Å². The minimum Gasteiger partial charge on any atom is -0.397 e. The van der Waals surface area contributed by atoms with Crippen LogP contribution in [0.25, 0.3) is 11.1 Å². The third-order valence-corrected chi connectivity index (χ3v) is 5.29. The zero-order valence-corrected chi connectivity index (χ0v) is 16.8. The van der Waals surface area contributed by atoms with Crippen molar-refractivity contribution in [2.24, 2.45) is 0 Å². The van der Waals surface area contributed by atoms with E-state index in [1.165, 1.54) is 31.2 Å². The van der Waals surface area contributed by atoms with Crippen LogP contribution in [0, 0.1) is 6.92 Å². The highest BCUT2D eigenvalue weighted by atomic mass is 32.2. The summed E-state index contributed by atoms with van der Waals surface area (Å²) in [5, 5.41) is 2.50. The molecular weight excluding hydrogens is 447 g/mol. The van der Waals surface area contributed by atoms with E-state index >= 15 is 0 Å². The molecule has 3 rings (SSSR count). The van der Waals surface area contributed by atoms with Crippen molar-refractivity contribution in [2.75, 3.05) is 5.32 Å². The fourth-order valence-corrected chi connectivity index (χ4v) is 3.84. The molecule has 0 saturated heterocycles. The second-order valence-electron chi connectivity index (χ2n) is 5.84. The molecule has 0 radical (unpaired) electrons. The van der Waals surface area contributed by atoms with Crippen LogP contribution in [-0.2, 0) is 0 Å². The van der Waals surface area contributed by atoms with Crippen molar-refractivity contribution in [2.45, 2.75) is 23.8 Å². The van der Waals surface area contributed by atoms with Gasteiger partial charge in [0.15, 0.2) is 5.69 Å². The van der Waals surface area contributed by atoms with Gasteiger partial charge in [0.2, 0.25) is 5.06 Å². The van der Waals surface area contributed by atoms with Crippen LogP contribution in [0.2, 0.25) is 0 Å². The predicted molar refractivity (Wildman–Crippen MR) is 105 cm³/mol. The Morgan fingerprint density at radius 2 is 1.80 bits per heavy atom. The molecule has 0 aliphatic carbocycles. The Kier molecular flexibility index (Phi) is 6.61. The van der Waals surface area contributed by atoms with Crippen LogP contribution >= 0.6 is 23.1 Å². The first-order chi connectivity index (χ1) is 14.1. The van der Waals surface area contributed by atoms with Gasteiger partial charge in [0.1, 0.15) is 0 Å². The quantitative estimate of drug-likeness (QED) is 0.321. The molecule has 11 heteroatoms. The number of thiazole rings is 1. The van der Waals surface area contributed by atoms with E-state index in [2.05, 4.69) is 10.3 Å². The molecule has 4 nitrogen and oxygen atoms in total. The zero-order chi connectivity index (χ0) is 21.9. The normalized spacial score (nSPS) is 11.6. The number of benzene rings is 2. The SMILES string of the molecule is Cc1nc(C(F)F)c(OC(=O)Nc2ccccc2-c2ccc(SC(F)(F)F)cc2)s1. The lowest BCUT2D eigenvalue weighted by Crippen LogP contribution is -2.17. The average Bonchev–Trinajstić information content (AvgIpc) is 3.02. The fraction of sp³-hybridized carbons (Fsp3) is 0.158. The number of nitrogens with zero attached hydrogens (tertiary/aromatic N) is 1. The Labute approximate surface area is 176 Å². The van der Waals surface area contributed by atoms with Gasteiger partial charge >= 0.3 is 11.6 Å². The molecule has 2 aromatic carbocycles. The maximum Gasteiger partial charge on any atom is 0.446 e. The molecule has 158 valence electrons. The number of hydrogen-bond donors (Lipinski definition) is 1. The molecule has 0 aliphatic rings. The highest BCUT2D eigenvalue weighted by Crippen LogP contribution is 2.38. The first-order valence-corrected chi connectivity index (χ1v) is 9.95. The molecule has 0 unspecified atom stereocenters. The van der Waals surface area contributed by atoms with Crippen LogP contribution in [-0.4, -0.2) is 16.6 Å². The van der Waals surface area contributed by atoms with Gasteiger partial charge in [0.25, 0.3) is 6.43 Å². The number of amides is 1. The van der Waals surface area contributed by atoms with Crippen molar-refractivity contribution in [1.82, 2.24) is 4.98 Å². The zero-order valence-electron chi connectivity index (χ0n) is 15.2. The molecule has 1 heterocycles. The Bertz CT molecular complexity index is 1040. The van der Waals surface area contributed by atoms with Crippen LogP contribution in [0.5, 0.6) is 5.06 Å². The van der Waals surface area contributed by atoms with Crippen LogP contribution in [0.3, 0.4) is 0 Å². The summed E-state index contributed by atoms with van der Waals surface area (Å²) in [5.41, 5.74) is -3.62. The van der Waals surface area contributed by atoms with Gasteiger partial charge in [-0.15, -0.1) is 0 Å². The first-order valence-electron chi connectivity index (χ1n) is 8.32. The third kappa shape index (κ3) is 5.70. The number of aromatic nitrogens is 1. The van der Waals surface area contributed by atoms with E-state index in [9.17, 15) is 26.7 Å². The second kappa shape index (κ2) is 9.00. The van der Waals surface area contributed by atoms with Gasteiger partial charge in [0, 0.05) is 10.5 Å². The number of thioether (sulfide) groups is 1. The molecule has 0 fully saturated rings. The van der Waals surface area contributed by atoms with Gasteiger partial charge in [-0.2, -0.15) is 13.2 Å². The summed E-state index contributed by atoms with van der Waals surface area (Å²) < 4.78 is 68.4. The van der Waals surface area contributed by atoms with E-state index in [4.69, 9.17) is 4.74 Å². The van der Waals surface area contributed by atoms with Gasteiger partial charge in [-0.25, -0.2) is 18.6 Å². The lowest BCUT2D eigenvalue weighted by atomic mass is 10.0. The molecule has 0 atom stereocenters. The third-order valence-electron chi connectivity index (χ3n) is 3.68. The van der Waals surface area contributed by atoms with E-state index in [1.807, 2.05) is 0 Å². The molecule has 0 spiro atoms. The maximum absolute atomic E-state index is 13.0. The van der Waals surface area contributed by atoms with Crippen LogP contribution < -0.4 is 10.1 Å². The van der Waals surface area contributed by atoms with E-state index < -0.39 is 23.7 Å². The van der Waals surface area contributed by atoms with Crippen LogP contribution in [0.15, 0.2) is 53.4 Å². The molecule has 3 aromatic rings. The molecule has 1 aromatic heterocycles. The van der Waals surface area contributed by atoms with Crippen molar-refractivity contribution in [3.8, 4) is 16.2 Å². The highest BCUT2D eigenvalue weighted by Gasteiger charge is 2.29. The number of ether oxygens (including phenoxy) is 1. The van der Waals surface area contributed by atoms with Gasteiger partial charge in [-0.3, -0.25) is 5.32 Å². The van der Waals surface area contributed by atoms with Crippen molar-refractivity contribution in [1.29, 1.82) is 0 Å². The molecule has 30 heavy (non-hydrogen) atoms. The monoisotopic (exact) mass is 460 g/mol. The summed E-state index contributed by atoms with van der Waals surface area (Å²) in [7, 11) is 0. The van der Waals surface area contributed by atoms with E-state index in [0.29, 0.717) is 21.8 Å². The number of anilines is 1. The number of nitrogens with one attached hydrogen (secondary N) is 1. The molecule has 0 bridgehead atoms. The summed E-state index contributed by atoms with van der Waals surface area (Å²) in [6, 6.07) is 12.1. The number of hydrogen-bond acceptors (Lipinski definition) is 5. The van der Waals surface area contributed by atoms with Crippen molar-refractivity contribution >= 4 is 34.9 Å². The van der Waals surface area contributed by atoms with Gasteiger partial charge in [0.05, 0.1) is 10.7 Å². The molecule has 1 amide bonds. The maximum atomic E-state index is 13.0. The lowest BCUT2D eigenvalue weighted by Gasteiger charge is -2.12. The number of alkyl halides is 5. The minimum atomic E-state index is -4.39. The van der Waals surface area contributed by atoms with Gasteiger partial charge in [-0.05, 0) is 42.4 Å². The number of para-hydroxylation sites is 1. The van der Waals surface area contributed by atoms with Crippen molar-refractivity contribution < 1.29 is 31.5 Å². The number of rotatable bonds is 5. The number of halogens is 5. The summed E-state index contributed by atoms with van der Waals surface area (Å²) in [6.07, 6.45) is -3.88. The second-order valence-corrected chi connectivity index (χ2v) is 8.14. The van der Waals surface area contributed by atoms with Crippen molar-refractivity contribution in [3.05, 3.63) is 59.2 Å². The predicted octanol–water partition coefficient (Wildman–Crippen LogP) is 7.28. The summed E-state index contributed by atoms with van der Waals surface area (Å²) >= 11 is 0.590. The number of aryl methyl sites for hydroxylation is 1. The fourth-order valence-electron chi connectivity index (χ4n) is 2.54. The average molecular weight is 460 g/mol. The van der Waals surface area contributed by atoms with E-state index in [0.717, 1.165) is 11.3 Å². The minimum absolute atomic E-state index is 0.0243. The molecular formula is C19H13F5N2O2S2. The van der Waals surface area contributed by atoms with Gasteiger partial charge < -0.3 is 4.74 Å². The highest BCUT2D eigenvalue weighted by molar-refractivity contribution is 8.00. The topological polar surface area (TPSA) is 51.2 Å². The van der Waals surface area contributed by atoms with Crippen LogP contribution in [0.1, 0.15) is 17.1 Å². The Morgan fingerprint density at radius 1 is 1.13 bits per heavy atom. The number of carbonyl (C=O) groups is 1. The standard InChI is InChI=1S/C19H13F5N2O2S2/c1-10-25-15(16(20)21)17(29-10)28-18(27)26-14-5-3-2-4-13(14)11-6-8-12(9-7-11)30-19(22,23)24/h2-9,16H,1H3,(H,26,27). The first kappa shape index (κ1) is 22.0. The Balaban J connectivity index is 1.78. The molecule has 0 aliphatic heterocycles.